The SMILES string of the molecule is O=C(NCC1CCCO1)C1CN(c2cc(-n3cccn3)ncn2)C1. The van der Waals surface area contributed by atoms with Gasteiger partial charge in [0.15, 0.2) is 5.82 Å². The molecule has 2 aliphatic rings. The van der Waals surface area contributed by atoms with E-state index in [1.54, 1.807) is 10.9 Å². The van der Waals surface area contributed by atoms with E-state index in [1.165, 1.54) is 6.33 Å². The van der Waals surface area contributed by atoms with E-state index in [-0.39, 0.29) is 17.9 Å². The Balaban J connectivity index is 1.30. The van der Waals surface area contributed by atoms with Crippen molar-refractivity contribution < 1.29 is 9.53 Å². The van der Waals surface area contributed by atoms with Gasteiger partial charge in [-0.25, -0.2) is 14.6 Å². The second kappa shape index (κ2) is 6.56. The highest BCUT2D eigenvalue weighted by Gasteiger charge is 2.34. The van der Waals surface area contributed by atoms with Crippen LogP contribution in [-0.2, 0) is 9.53 Å². The Labute approximate surface area is 139 Å². The molecule has 0 aromatic carbocycles. The number of anilines is 1. The molecule has 4 heterocycles. The van der Waals surface area contributed by atoms with Gasteiger partial charge in [0.1, 0.15) is 12.1 Å². The number of nitrogens with zero attached hydrogens (tertiary/aromatic N) is 5. The smallest absolute Gasteiger partial charge is 0.226 e. The minimum Gasteiger partial charge on any atom is -0.376 e. The number of hydrogen-bond donors (Lipinski definition) is 1. The van der Waals surface area contributed by atoms with E-state index in [9.17, 15) is 4.79 Å². The number of aromatic nitrogens is 4. The van der Waals surface area contributed by atoms with Gasteiger partial charge in [-0.3, -0.25) is 4.79 Å². The minimum absolute atomic E-state index is 0.00882. The molecule has 2 fully saturated rings. The molecule has 0 aliphatic carbocycles. The molecule has 0 saturated carbocycles. The molecule has 4 rings (SSSR count). The summed E-state index contributed by atoms with van der Waals surface area (Å²) in [5.41, 5.74) is 0. The Morgan fingerprint density at radius 1 is 1.33 bits per heavy atom. The van der Waals surface area contributed by atoms with E-state index >= 15 is 0 Å². The maximum atomic E-state index is 12.2. The zero-order valence-electron chi connectivity index (χ0n) is 13.3. The summed E-state index contributed by atoms with van der Waals surface area (Å²) in [6.07, 6.45) is 7.38. The predicted molar refractivity (Wildman–Crippen MR) is 86.8 cm³/mol. The zero-order chi connectivity index (χ0) is 16.4. The monoisotopic (exact) mass is 328 g/mol. The van der Waals surface area contributed by atoms with Gasteiger partial charge >= 0.3 is 0 Å². The number of carbonyl (C=O) groups is 1. The average molecular weight is 328 g/mol. The van der Waals surface area contributed by atoms with Gasteiger partial charge < -0.3 is 15.0 Å². The molecule has 1 amide bonds. The summed E-state index contributed by atoms with van der Waals surface area (Å²) in [6, 6.07) is 3.73. The van der Waals surface area contributed by atoms with E-state index in [0.29, 0.717) is 19.6 Å². The molecule has 1 N–H and O–H groups in total. The molecule has 24 heavy (non-hydrogen) atoms. The Hall–Kier alpha value is -2.48. The first-order valence-corrected chi connectivity index (χ1v) is 8.26. The number of rotatable bonds is 5. The highest BCUT2D eigenvalue weighted by Crippen LogP contribution is 2.23. The number of hydrogen-bond acceptors (Lipinski definition) is 6. The second-order valence-electron chi connectivity index (χ2n) is 6.17. The lowest BCUT2D eigenvalue weighted by atomic mass is 9.99. The van der Waals surface area contributed by atoms with Gasteiger partial charge in [0, 0.05) is 44.7 Å². The number of ether oxygens (including phenoxy) is 1. The van der Waals surface area contributed by atoms with Crippen molar-refractivity contribution in [2.75, 3.05) is 31.1 Å². The predicted octanol–water partition coefficient (Wildman–Crippen LogP) is 0.394. The normalized spacial score (nSPS) is 20.8. The van der Waals surface area contributed by atoms with Crippen molar-refractivity contribution in [2.45, 2.75) is 18.9 Å². The molecular weight excluding hydrogens is 308 g/mol. The first kappa shape index (κ1) is 15.1. The van der Waals surface area contributed by atoms with Crippen LogP contribution in [0.4, 0.5) is 5.82 Å². The van der Waals surface area contributed by atoms with Crippen LogP contribution in [0.1, 0.15) is 12.8 Å². The van der Waals surface area contributed by atoms with Gasteiger partial charge in [-0.05, 0) is 18.9 Å². The molecule has 2 aromatic rings. The lowest BCUT2D eigenvalue weighted by Crippen LogP contribution is -2.54. The molecule has 0 radical (unpaired) electrons. The topological polar surface area (TPSA) is 85.2 Å². The quantitative estimate of drug-likeness (QED) is 0.855. The van der Waals surface area contributed by atoms with E-state index in [0.717, 1.165) is 31.1 Å². The van der Waals surface area contributed by atoms with E-state index in [2.05, 4.69) is 25.3 Å². The Kier molecular flexibility index (Phi) is 4.12. The Bertz CT molecular complexity index is 692. The summed E-state index contributed by atoms with van der Waals surface area (Å²) < 4.78 is 7.21. The first-order valence-electron chi connectivity index (χ1n) is 8.26. The third kappa shape index (κ3) is 3.09. The lowest BCUT2D eigenvalue weighted by molar-refractivity contribution is -0.126. The van der Waals surface area contributed by atoms with Crippen molar-refractivity contribution in [3.8, 4) is 5.82 Å². The van der Waals surface area contributed by atoms with Gasteiger partial charge in [-0.15, -0.1) is 0 Å². The molecule has 8 heteroatoms. The number of carbonyl (C=O) groups excluding carboxylic acids is 1. The van der Waals surface area contributed by atoms with Crippen LogP contribution in [0.2, 0.25) is 0 Å². The summed E-state index contributed by atoms with van der Waals surface area (Å²) in [5.74, 6) is 1.65. The van der Waals surface area contributed by atoms with Crippen molar-refractivity contribution in [1.82, 2.24) is 25.1 Å². The van der Waals surface area contributed by atoms with Crippen LogP contribution < -0.4 is 10.2 Å². The van der Waals surface area contributed by atoms with Gasteiger partial charge in [0.05, 0.1) is 12.0 Å². The molecule has 0 bridgehead atoms. The summed E-state index contributed by atoms with van der Waals surface area (Å²) in [4.78, 5) is 22.8. The molecule has 2 saturated heterocycles. The molecule has 1 unspecified atom stereocenters. The van der Waals surface area contributed by atoms with Gasteiger partial charge in [-0.1, -0.05) is 0 Å². The Morgan fingerprint density at radius 2 is 2.21 bits per heavy atom. The third-order valence-electron chi connectivity index (χ3n) is 4.48. The van der Waals surface area contributed by atoms with Crippen LogP contribution in [-0.4, -0.2) is 58.0 Å². The van der Waals surface area contributed by atoms with Crippen LogP contribution in [0.3, 0.4) is 0 Å². The second-order valence-corrected chi connectivity index (χ2v) is 6.17. The summed E-state index contributed by atoms with van der Waals surface area (Å²) in [5, 5.41) is 7.16. The Morgan fingerprint density at radius 3 is 2.96 bits per heavy atom. The van der Waals surface area contributed by atoms with Crippen molar-refractivity contribution in [2.24, 2.45) is 5.92 Å². The highest BCUT2D eigenvalue weighted by molar-refractivity contribution is 5.81. The molecule has 2 aromatic heterocycles. The highest BCUT2D eigenvalue weighted by atomic mass is 16.5. The van der Waals surface area contributed by atoms with Crippen molar-refractivity contribution in [3.63, 3.8) is 0 Å². The first-order chi connectivity index (χ1) is 11.8. The van der Waals surface area contributed by atoms with E-state index in [4.69, 9.17) is 4.74 Å². The summed E-state index contributed by atoms with van der Waals surface area (Å²) in [7, 11) is 0. The molecule has 1 atom stereocenters. The number of amides is 1. The van der Waals surface area contributed by atoms with Crippen LogP contribution in [0.5, 0.6) is 0 Å². The molecule has 126 valence electrons. The summed E-state index contributed by atoms with van der Waals surface area (Å²) in [6.45, 7) is 2.77. The lowest BCUT2D eigenvalue weighted by Gasteiger charge is -2.39. The van der Waals surface area contributed by atoms with Crippen molar-refractivity contribution in [1.29, 1.82) is 0 Å². The maximum Gasteiger partial charge on any atom is 0.226 e. The minimum atomic E-state index is 0.00882. The average Bonchev–Trinajstić information content (AvgIpc) is 3.25. The van der Waals surface area contributed by atoms with Gasteiger partial charge in [0.2, 0.25) is 5.91 Å². The fourth-order valence-corrected chi connectivity index (χ4v) is 3.04. The third-order valence-corrected chi connectivity index (χ3v) is 4.48. The molecule has 8 nitrogen and oxygen atoms in total. The van der Waals surface area contributed by atoms with Crippen LogP contribution in [0, 0.1) is 5.92 Å². The fraction of sp³-hybridized carbons (Fsp3) is 0.500. The fourth-order valence-electron chi connectivity index (χ4n) is 3.04. The summed E-state index contributed by atoms with van der Waals surface area (Å²) >= 11 is 0. The standard InChI is InChI=1S/C16H20N6O2/c23-16(17-8-13-3-1-6-24-13)12-9-21(10-12)14-7-15(19-11-18-14)22-5-2-4-20-22/h2,4-5,7,11-13H,1,3,6,8-10H2,(H,17,23). The molecule has 2 aliphatic heterocycles. The van der Waals surface area contributed by atoms with Crippen LogP contribution in [0.25, 0.3) is 5.82 Å². The van der Waals surface area contributed by atoms with Gasteiger partial charge in [0.25, 0.3) is 0 Å². The molecular formula is C16H20N6O2. The van der Waals surface area contributed by atoms with Crippen molar-refractivity contribution >= 4 is 11.7 Å². The van der Waals surface area contributed by atoms with E-state index in [1.807, 2.05) is 18.3 Å². The molecule has 0 spiro atoms. The maximum absolute atomic E-state index is 12.2. The van der Waals surface area contributed by atoms with Crippen LogP contribution in [0.15, 0.2) is 30.9 Å². The van der Waals surface area contributed by atoms with Crippen LogP contribution >= 0.6 is 0 Å². The van der Waals surface area contributed by atoms with Crippen molar-refractivity contribution in [3.05, 3.63) is 30.9 Å². The zero-order valence-corrected chi connectivity index (χ0v) is 13.3. The number of nitrogens with one attached hydrogen (secondary N) is 1. The largest absolute Gasteiger partial charge is 0.376 e. The van der Waals surface area contributed by atoms with Gasteiger partial charge in [-0.2, -0.15) is 5.10 Å². The van der Waals surface area contributed by atoms with E-state index < -0.39 is 0 Å².